The molecule has 2 N–H and O–H groups in total. The average Bonchev–Trinajstić information content (AvgIpc) is 3.12. The molecule has 0 heterocycles. The van der Waals surface area contributed by atoms with Crippen LogP contribution in [-0.4, -0.2) is 18.6 Å². The van der Waals surface area contributed by atoms with Crippen LogP contribution < -0.4 is 5.73 Å². The van der Waals surface area contributed by atoms with Crippen molar-refractivity contribution in [2.45, 2.75) is 119 Å². The van der Waals surface area contributed by atoms with Crippen molar-refractivity contribution in [1.29, 1.82) is 0 Å². The quantitative estimate of drug-likeness (QED) is 0.322. The Bertz CT molecular complexity index is 849. The van der Waals surface area contributed by atoms with Crippen molar-refractivity contribution in [2.24, 2.45) is 45.7 Å². The lowest BCUT2D eigenvalue weighted by Crippen LogP contribution is -2.54. The lowest BCUT2D eigenvalue weighted by atomic mass is 9.46. The summed E-state index contributed by atoms with van der Waals surface area (Å²) in [5.74, 6) is 2.80. The van der Waals surface area contributed by atoms with Crippen LogP contribution >= 0.6 is 0 Å². The standard InChI is InChI=1S/C31H51NO2/c1-20(2)9-8-10-21(3)23-12-13-24-22-11-14-26-29(4,5)27(34-28(33)19-32)16-18-31(26,7)25(22)15-17-30(23,24)6/h9,21,23-24,26-27H,8,10-19,32H2,1-7H3. The van der Waals surface area contributed by atoms with E-state index >= 15 is 0 Å². The summed E-state index contributed by atoms with van der Waals surface area (Å²) >= 11 is 0. The van der Waals surface area contributed by atoms with Gasteiger partial charge >= 0.3 is 5.97 Å². The van der Waals surface area contributed by atoms with E-state index in [1.165, 1.54) is 56.9 Å². The lowest BCUT2D eigenvalue weighted by Gasteiger charge is -2.60. The minimum absolute atomic E-state index is 0.00449. The Morgan fingerprint density at radius 2 is 1.82 bits per heavy atom. The highest BCUT2D eigenvalue weighted by atomic mass is 16.5. The summed E-state index contributed by atoms with van der Waals surface area (Å²) in [6.45, 7) is 16.9. The third kappa shape index (κ3) is 4.22. The zero-order valence-corrected chi connectivity index (χ0v) is 23.1. The molecule has 0 aliphatic heterocycles. The fraction of sp³-hybridized carbons (Fsp3) is 0.839. The van der Waals surface area contributed by atoms with Gasteiger partial charge in [-0.05, 0) is 113 Å². The van der Waals surface area contributed by atoms with E-state index in [0.29, 0.717) is 11.3 Å². The van der Waals surface area contributed by atoms with E-state index in [9.17, 15) is 4.79 Å². The molecule has 4 aliphatic rings. The van der Waals surface area contributed by atoms with E-state index in [4.69, 9.17) is 10.5 Å². The molecule has 192 valence electrons. The van der Waals surface area contributed by atoms with Gasteiger partial charge < -0.3 is 10.5 Å². The predicted octanol–water partition coefficient (Wildman–Crippen LogP) is 7.60. The van der Waals surface area contributed by atoms with Crippen LogP contribution in [0.15, 0.2) is 22.8 Å². The number of hydrogen-bond donors (Lipinski definition) is 1. The minimum Gasteiger partial charge on any atom is -0.461 e. The molecule has 2 fully saturated rings. The molecule has 0 aromatic heterocycles. The molecule has 7 atom stereocenters. The number of ether oxygens (including phenoxy) is 1. The van der Waals surface area contributed by atoms with Crippen LogP contribution in [0.5, 0.6) is 0 Å². The fourth-order valence-corrected chi connectivity index (χ4v) is 9.50. The highest BCUT2D eigenvalue weighted by molar-refractivity contribution is 5.71. The van der Waals surface area contributed by atoms with Crippen molar-refractivity contribution in [2.75, 3.05) is 6.54 Å². The second-order valence-corrected chi connectivity index (χ2v) is 13.6. The summed E-state index contributed by atoms with van der Waals surface area (Å²) in [7, 11) is 0. The van der Waals surface area contributed by atoms with Crippen LogP contribution in [0.4, 0.5) is 0 Å². The summed E-state index contributed by atoms with van der Waals surface area (Å²) < 4.78 is 5.87. The largest absolute Gasteiger partial charge is 0.461 e. The van der Waals surface area contributed by atoms with Gasteiger partial charge in [0.05, 0.1) is 6.54 Å². The molecule has 2 saturated carbocycles. The zero-order valence-electron chi connectivity index (χ0n) is 23.1. The molecule has 0 saturated heterocycles. The van der Waals surface area contributed by atoms with Crippen molar-refractivity contribution < 1.29 is 9.53 Å². The Labute approximate surface area is 209 Å². The van der Waals surface area contributed by atoms with Gasteiger partial charge in [-0.2, -0.15) is 0 Å². The smallest absolute Gasteiger partial charge is 0.319 e. The van der Waals surface area contributed by atoms with Crippen LogP contribution in [0.1, 0.15) is 113 Å². The molecular formula is C31H51NO2. The Kier molecular flexibility index (Phi) is 7.19. The van der Waals surface area contributed by atoms with Crippen LogP contribution in [0.2, 0.25) is 0 Å². The van der Waals surface area contributed by atoms with Gasteiger partial charge in [-0.15, -0.1) is 0 Å². The van der Waals surface area contributed by atoms with E-state index in [2.05, 4.69) is 54.5 Å². The van der Waals surface area contributed by atoms with Crippen molar-refractivity contribution in [3.05, 3.63) is 22.8 Å². The molecular weight excluding hydrogens is 418 g/mol. The monoisotopic (exact) mass is 469 g/mol. The van der Waals surface area contributed by atoms with Gasteiger partial charge in [0.25, 0.3) is 0 Å². The maximum atomic E-state index is 12.0. The number of carbonyl (C=O) groups is 1. The van der Waals surface area contributed by atoms with Gasteiger partial charge in [0.15, 0.2) is 0 Å². The van der Waals surface area contributed by atoms with E-state index in [0.717, 1.165) is 30.6 Å². The molecule has 7 unspecified atom stereocenters. The van der Waals surface area contributed by atoms with Crippen molar-refractivity contribution in [3.8, 4) is 0 Å². The van der Waals surface area contributed by atoms with Gasteiger partial charge in [-0.1, -0.05) is 57.4 Å². The number of rotatable bonds is 6. The Balaban J connectivity index is 1.56. The molecule has 0 radical (unpaired) electrons. The average molecular weight is 470 g/mol. The first-order chi connectivity index (χ1) is 15.9. The molecule has 0 aromatic carbocycles. The molecule has 34 heavy (non-hydrogen) atoms. The number of allylic oxidation sites excluding steroid dienone is 4. The second-order valence-electron chi connectivity index (χ2n) is 13.6. The van der Waals surface area contributed by atoms with Crippen molar-refractivity contribution in [1.82, 2.24) is 0 Å². The van der Waals surface area contributed by atoms with Crippen LogP contribution in [-0.2, 0) is 9.53 Å². The molecule has 0 spiro atoms. The normalized spacial score (nSPS) is 39.5. The molecule has 4 rings (SSSR count). The molecule has 3 nitrogen and oxygen atoms in total. The zero-order chi connectivity index (χ0) is 24.9. The van der Waals surface area contributed by atoms with E-state index in [1.807, 2.05) is 11.1 Å². The van der Waals surface area contributed by atoms with Crippen LogP contribution in [0.25, 0.3) is 0 Å². The summed E-state index contributed by atoms with van der Waals surface area (Å²) in [6.07, 6.45) is 15.1. The van der Waals surface area contributed by atoms with Gasteiger partial charge in [0, 0.05) is 5.41 Å². The number of hydrogen-bond acceptors (Lipinski definition) is 3. The summed E-state index contributed by atoms with van der Waals surface area (Å²) in [6, 6.07) is 0. The predicted molar refractivity (Wildman–Crippen MR) is 141 cm³/mol. The van der Waals surface area contributed by atoms with Crippen LogP contribution in [0, 0.1) is 39.9 Å². The molecule has 3 heteroatoms. The van der Waals surface area contributed by atoms with E-state index in [1.54, 1.807) is 0 Å². The highest BCUT2D eigenvalue weighted by Gasteiger charge is 2.59. The Morgan fingerprint density at radius 3 is 2.50 bits per heavy atom. The first kappa shape index (κ1) is 26.0. The highest BCUT2D eigenvalue weighted by Crippen LogP contribution is 2.68. The van der Waals surface area contributed by atoms with Crippen LogP contribution in [0.3, 0.4) is 0 Å². The van der Waals surface area contributed by atoms with E-state index < -0.39 is 0 Å². The van der Waals surface area contributed by atoms with Gasteiger partial charge in [-0.3, -0.25) is 4.79 Å². The van der Waals surface area contributed by atoms with Crippen molar-refractivity contribution >= 4 is 5.97 Å². The first-order valence-electron chi connectivity index (χ1n) is 14.2. The third-order valence-corrected chi connectivity index (χ3v) is 11.2. The molecule has 0 bridgehead atoms. The summed E-state index contributed by atoms with van der Waals surface area (Å²) in [4.78, 5) is 12.0. The van der Waals surface area contributed by atoms with Gasteiger partial charge in [0.1, 0.15) is 6.10 Å². The maximum absolute atomic E-state index is 12.0. The fourth-order valence-electron chi connectivity index (χ4n) is 9.50. The SMILES string of the molecule is CC(C)=CCCC(C)C1CCC2C3=C(CCC21C)C1(C)CCC(OC(=O)CN)C(C)(C)C1CC3. The number of nitrogens with two attached hydrogens (primary N) is 1. The lowest BCUT2D eigenvalue weighted by molar-refractivity contribution is -0.167. The number of fused-ring (bicyclic) bond motifs is 4. The van der Waals surface area contributed by atoms with Gasteiger partial charge in [0.2, 0.25) is 0 Å². The molecule has 0 amide bonds. The number of esters is 1. The Hall–Kier alpha value is -1.09. The van der Waals surface area contributed by atoms with E-state index in [-0.39, 0.29) is 29.4 Å². The molecule has 0 aromatic rings. The van der Waals surface area contributed by atoms with Crippen molar-refractivity contribution in [3.63, 3.8) is 0 Å². The third-order valence-electron chi connectivity index (χ3n) is 11.2. The first-order valence-corrected chi connectivity index (χ1v) is 14.2. The minimum atomic E-state index is -0.249. The summed E-state index contributed by atoms with van der Waals surface area (Å²) in [5.41, 5.74) is 11.4. The summed E-state index contributed by atoms with van der Waals surface area (Å²) in [5, 5.41) is 0. The van der Waals surface area contributed by atoms with Gasteiger partial charge in [-0.25, -0.2) is 0 Å². The maximum Gasteiger partial charge on any atom is 0.319 e. The second kappa shape index (κ2) is 9.41. The number of carbonyl (C=O) groups excluding carboxylic acids is 1. The Morgan fingerprint density at radius 1 is 1.09 bits per heavy atom. The molecule has 4 aliphatic carbocycles. The topological polar surface area (TPSA) is 52.3 Å².